The molecule has 0 rings (SSSR count). The van der Waals surface area contributed by atoms with Crippen LogP contribution in [0, 0.1) is 17.7 Å². The Kier molecular flexibility index (Phi) is 6.69. The monoisotopic (exact) mass is 196 g/mol. The smallest absolute Gasteiger partial charge is 0.398 e. The quantitative estimate of drug-likeness (QED) is 0.508. The Morgan fingerprint density at radius 2 is 1.29 bits per heavy atom. The van der Waals surface area contributed by atoms with Gasteiger partial charge in [0.1, 0.15) is 0 Å². The van der Waals surface area contributed by atoms with Gasteiger partial charge in [0.15, 0.2) is 0 Å². The fourth-order valence-electron chi connectivity index (χ4n) is 0.829. The van der Waals surface area contributed by atoms with Crippen LogP contribution < -0.4 is 0 Å². The maximum atomic E-state index is 5.52. The van der Waals surface area contributed by atoms with Gasteiger partial charge in [-0.3, -0.25) is 0 Å². The van der Waals surface area contributed by atoms with Gasteiger partial charge in [-0.1, -0.05) is 19.7 Å². The average molecular weight is 196 g/mol. The van der Waals surface area contributed by atoms with Crippen LogP contribution in [0.2, 0.25) is 0 Å². The molecule has 80 valence electrons. The highest BCUT2D eigenvalue weighted by Crippen LogP contribution is 1.99. The Hall–Kier alpha value is -0.455. The molecule has 0 radical (unpaired) electrons. The summed E-state index contributed by atoms with van der Waals surface area (Å²) >= 11 is 0. The number of rotatable bonds is 4. The number of hydrogen-bond donors (Lipinski definition) is 0. The van der Waals surface area contributed by atoms with Gasteiger partial charge in [0.05, 0.1) is 0 Å². The van der Waals surface area contributed by atoms with Crippen molar-refractivity contribution in [3.63, 3.8) is 0 Å². The Balaban J connectivity index is 4.19. The van der Waals surface area contributed by atoms with Crippen LogP contribution in [-0.2, 0) is 9.31 Å². The first-order valence-electron chi connectivity index (χ1n) is 5.23. The second kappa shape index (κ2) is 6.92. The molecule has 0 atom stereocenters. The third kappa shape index (κ3) is 8.16. The fourth-order valence-corrected chi connectivity index (χ4v) is 0.829. The van der Waals surface area contributed by atoms with Crippen molar-refractivity contribution in [1.29, 1.82) is 0 Å². The van der Waals surface area contributed by atoms with Crippen molar-refractivity contribution in [2.45, 2.75) is 53.8 Å². The molecule has 0 saturated heterocycles. The predicted molar refractivity (Wildman–Crippen MR) is 60.8 cm³/mol. The van der Waals surface area contributed by atoms with Crippen molar-refractivity contribution in [2.24, 2.45) is 5.92 Å². The topological polar surface area (TPSA) is 18.5 Å². The summed E-state index contributed by atoms with van der Waals surface area (Å²) in [4.78, 5) is 0. The van der Waals surface area contributed by atoms with Crippen LogP contribution in [0.25, 0.3) is 0 Å². The summed E-state index contributed by atoms with van der Waals surface area (Å²) in [6.45, 7) is 12.0. The van der Waals surface area contributed by atoms with Gasteiger partial charge in [0.2, 0.25) is 0 Å². The van der Waals surface area contributed by atoms with Gasteiger partial charge in [0, 0.05) is 18.1 Å². The lowest BCUT2D eigenvalue weighted by atomic mass is 9.89. The van der Waals surface area contributed by atoms with E-state index in [-0.39, 0.29) is 12.2 Å². The zero-order valence-corrected chi connectivity index (χ0v) is 10.1. The molecule has 0 aromatic carbocycles. The molecule has 0 saturated carbocycles. The molecule has 2 nitrogen and oxygen atoms in total. The molecule has 0 spiro atoms. The van der Waals surface area contributed by atoms with Gasteiger partial charge >= 0.3 is 7.12 Å². The molecule has 0 aliphatic heterocycles. The Labute approximate surface area is 88.5 Å². The molecule has 14 heavy (non-hydrogen) atoms. The van der Waals surface area contributed by atoms with Gasteiger partial charge < -0.3 is 9.31 Å². The van der Waals surface area contributed by atoms with Crippen LogP contribution in [0.15, 0.2) is 0 Å². The molecule has 0 aliphatic rings. The summed E-state index contributed by atoms with van der Waals surface area (Å²) in [7, 11) is -0.391. The lowest BCUT2D eigenvalue weighted by molar-refractivity contribution is 0.140. The van der Waals surface area contributed by atoms with E-state index in [1.807, 2.05) is 27.7 Å². The van der Waals surface area contributed by atoms with Gasteiger partial charge in [-0.2, -0.15) is 0 Å². The molecule has 0 heterocycles. The molecule has 0 unspecified atom stereocenters. The summed E-state index contributed by atoms with van der Waals surface area (Å²) in [6, 6.07) is 0. The third-order valence-corrected chi connectivity index (χ3v) is 1.28. The second-order valence-corrected chi connectivity index (χ2v) is 4.14. The molecule has 0 fully saturated rings. The van der Waals surface area contributed by atoms with Crippen LogP contribution in [0.5, 0.6) is 0 Å². The zero-order valence-electron chi connectivity index (χ0n) is 10.1. The van der Waals surface area contributed by atoms with Crippen LogP contribution in [0.3, 0.4) is 0 Å². The van der Waals surface area contributed by atoms with Crippen molar-refractivity contribution in [2.75, 3.05) is 0 Å². The van der Waals surface area contributed by atoms with E-state index in [9.17, 15) is 0 Å². The van der Waals surface area contributed by atoms with Gasteiger partial charge in [-0.15, -0.1) is 5.92 Å². The summed E-state index contributed by atoms with van der Waals surface area (Å²) in [5, 5.41) is 0. The zero-order chi connectivity index (χ0) is 11.1. The lowest BCUT2D eigenvalue weighted by Crippen LogP contribution is -2.28. The SMILES string of the molecule is CC(C)C#CB(OC(C)C)OC(C)C. The van der Waals surface area contributed by atoms with E-state index >= 15 is 0 Å². The Morgan fingerprint density at radius 3 is 1.57 bits per heavy atom. The van der Waals surface area contributed by atoms with E-state index in [2.05, 4.69) is 25.6 Å². The highest BCUT2D eigenvalue weighted by atomic mass is 16.6. The van der Waals surface area contributed by atoms with Gasteiger partial charge in [-0.25, -0.2) is 0 Å². The van der Waals surface area contributed by atoms with Crippen LogP contribution in [0.1, 0.15) is 41.5 Å². The van der Waals surface area contributed by atoms with Crippen LogP contribution >= 0.6 is 0 Å². The molecule has 3 heteroatoms. The van der Waals surface area contributed by atoms with E-state index in [4.69, 9.17) is 9.31 Å². The lowest BCUT2D eigenvalue weighted by Gasteiger charge is -2.14. The van der Waals surface area contributed by atoms with Crippen molar-refractivity contribution in [1.82, 2.24) is 0 Å². The minimum Gasteiger partial charge on any atom is -0.398 e. The predicted octanol–water partition coefficient (Wildman–Crippen LogP) is 2.52. The summed E-state index contributed by atoms with van der Waals surface area (Å²) in [5.74, 6) is 6.39. The molecular weight excluding hydrogens is 175 g/mol. The minimum absolute atomic E-state index is 0.139. The van der Waals surface area contributed by atoms with E-state index < -0.39 is 7.12 Å². The largest absolute Gasteiger partial charge is 0.550 e. The Bertz CT molecular complexity index is 191. The summed E-state index contributed by atoms with van der Waals surface area (Å²) in [6.07, 6.45) is 0.278. The molecular formula is C11H21BO2. The van der Waals surface area contributed by atoms with Crippen molar-refractivity contribution in [3.05, 3.63) is 0 Å². The van der Waals surface area contributed by atoms with E-state index in [0.717, 1.165) is 0 Å². The standard InChI is InChI=1S/C11H21BO2/c1-9(2)7-8-12(13-10(3)4)14-11(5)6/h9-11H,1-6H3. The van der Waals surface area contributed by atoms with E-state index in [1.165, 1.54) is 0 Å². The molecule has 0 aliphatic carbocycles. The molecule has 0 aromatic heterocycles. The number of hydrogen-bond acceptors (Lipinski definition) is 2. The summed E-state index contributed by atoms with van der Waals surface area (Å²) < 4.78 is 11.0. The third-order valence-electron chi connectivity index (χ3n) is 1.28. The highest BCUT2D eigenvalue weighted by Gasteiger charge is 2.18. The van der Waals surface area contributed by atoms with Gasteiger partial charge in [-0.05, 0) is 27.7 Å². The molecule has 0 bridgehead atoms. The van der Waals surface area contributed by atoms with Crippen molar-refractivity contribution >= 4 is 7.12 Å². The second-order valence-electron chi connectivity index (χ2n) is 4.14. The first-order valence-corrected chi connectivity index (χ1v) is 5.23. The minimum atomic E-state index is -0.391. The first kappa shape index (κ1) is 13.5. The fraction of sp³-hybridized carbons (Fsp3) is 0.818. The van der Waals surface area contributed by atoms with E-state index in [1.54, 1.807) is 0 Å². The molecule has 0 N–H and O–H groups in total. The molecule has 0 aromatic rings. The Morgan fingerprint density at radius 1 is 0.857 bits per heavy atom. The van der Waals surface area contributed by atoms with Crippen LogP contribution in [0.4, 0.5) is 0 Å². The maximum absolute atomic E-state index is 5.52. The average Bonchev–Trinajstić information content (AvgIpc) is 1.97. The van der Waals surface area contributed by atoms with Crippen molar-refractivity contribution in [3.8, 4) is 11.7 Å². The highest BCUT2D eigenvalue weighted by molar-refractivity contribution is 6.54. The van der Waals surface area contributed by atoms with E-state index in [0.29, 0.717) is 5.92 Å². The van der Waals surface area contributed by atoms with Crippen molar-refractivity contribution < 1.29 is 9.31 Å². The normalized spacial score (nSPS) is 10.6. The molecule has 0 amide bonds. The summed E-state index contributed by atoms with van der Waals surface area (Å²) in [5.41, 5.74) is 0. The van der Waals surface area contributed by atoms with Crippen LogP contribution in [-0.4, -0.2) is 19.3 Å². The maximum Gasteiger partial charge on any atom is 0.550 e. The van der Waals surface area contributed by atoms with Gasteiger partial charge in [0.25, 0.3) is 0 Å². The first-order chi connectivity index (χ1) is 6.41.